The number of benzene rings is 1. The van der Waals surface area contributed by atoms with Gasteiger partial charge >= 0.3 is 0 Å². The van der Waals surface area contributed by atoms with Gasteiger partial charge in [-0.25, -0.2) is 0 Å². The number of carbonyl (C=O) groups is 1. The molecule has 1 amide bonds. The van der Waals surface area contributed by atoms with Crippen LogP contribution in [0.4, 0.5) is 0 Å². The molecule has 1 aliphatic rings. The van der Waals surface area contributed by atoms with Crippen LogP contribution in [0.15, 0.2) is 42.9 Å². The first kappa shape index (κ1) is 18.3. The van der Waals surface area contributed by atoms with Crippen LogP contribution in [0, 0.1) is 5.92 Å². The van der Waals surface area contributed by atoms with Gasteiger partial charge in [0.15, 0.2) is 0 Å². The van der Waals surface area contributed by atoms with E-state index in [4.69, 9.17) is 4.74 Å². The van der Waals surface area contributed by atoms with E-state index in [1.165, 1.54) is 5.56 Å². The standard InChI is InChI=1S/C20H25N3O3/c1-26-18-7-5-15(6-8-18)3-2-4-20(25)23-13-16(19(24)14-23)11-17-12-21-9-10-22-17/h5-10,12,16,19,24H,2-4,11,13-14H2,1H3/t16-,19-/m1/s1. The van der Waals surface area contributed by atoms with Gasteiger partial charge in [0.2, 0.25) is 5.91 Å². The van der Waals surface area contributed by atoms with E-state index in [1.54, 1.807) is 30.6 Å². The van der Waals surface area contributed by atoms with Crippen molar-refractivity contribution in [3.63, 3.8) is 0 Å². The zero-order chi connectivity index (χ0) is 18.4. The minimum Gasteiger partial charge on any atom is -0.497 e. The highest BCUT2D eigenvalue weighted by Gasteiger charge is 2.33. The third kappa shape index (κ3) is 4.79. The topological polar surface area (TPSA) is 75.5 Å². The minimum absolute atomic E-state index is 0.0252. The van der Waals surface area contributed by atoms with Crippen LogP contribution in [0.2, 0.25) is 0 Å². The number of likely N-dealkylation sites (tertiary alicyclic amines) is 1. The van der Waals surface area contributed by atoms with Crippen LogP contribution in [-0.4, -0.2) is 52.2 Å². The van der Waals surface area contributed by atoms with E-state index in [1.807, 2.05) is 24.3 Å². The monoisotopic (exact) mass is 355 g/mol. The molecule has 1 fully saturated rings. The molecule has 1 aromatic carbocycles. The number of aromatic nitrogens is 2. The number of aliphatic hydroxyl groups excluding tert-OH is 1. The van der Waals surface area contributed by atoms with Gasteiger partial charge in [-0.05, 0) is 37.0 Å². The molecule has 2 aromatic rings. The van der Waals surface area contributed by atoms with Crippen molar-refractivity contribution in [3.8, 4) is 5.75 Å². The second-order valence-corrected chi connectivity index (χ2v) is 6.73. The first-order valence-electron chi connectivity index (χ1n) is 8.99. The number of ether oxygens (including phenoxy) is 1. The Labute approximate surface area is 153 Å². The summed E-state index contributed by atoms with van der Waals surface area (Å²) in [4.78, 5) is 22.5. The Morgan fingerprint density at radius 1 is 1.27 bits per heavy atom. The normalized spacial score (nSPS) is 19.5. The zero-order valence-electron chi connectivity index (χ0n) is 15.0. The lowest BCUT2D eigenvalue weighted by Gasteiger charge is -2.16. The van der Waals surface area contributed by atoms with Crippen molar-refractivity contribution in [2.24, 2.45) is 5.92 Å². The third-order valence-electron chi connectivity index (χ3n) is 4.86. The molecule has 0 saturated carbocycles. The largest absolute Gasteiger partial charge is 0.497 e. The Bertz CT molecular complexity index is 706. The number of carbonyl (C=O) groups excluding carboxylic acids is 1. The summed E-state index contributed by atoms with van der Waals surface area (Å²) in [6, 6.07) is 7.93. The molecular formula is C20H25N3O3. The summed E-state index contributed by atoms with van der Waals surface area (Å²) < 4.78 is 5.15. The van der Waals surface area contributed by atoms with Gasteiger partial charge in [0.25, 0.3) is 0 Å². The molecule has 2 atom stereocenters. The van der Waals surface area contributed by atoms with E-state index in [-0.39, 0.29) is 11.8 Å². The number of aliphatic hydroxyl groups is 1. The Balaban J connectivity index is 1.44. The molecule has 1 aromatic heterocycles. The highest BCUT2D eigenvalue weighted by atomic mass is 16.5. The highest BCUT2D eigenvalue weighted by molar-refractivity contribution is 5.76. The van der Waals surface area contributed by atoms with Crippen LogP contribution in [-0.2, 0) is 17.6 Å². The molecule has 3 rings (SSSR count). The number of aryl methyl sites for hydroxylation is 1. The van der Waals surface area contributed by atoms with Gasteiger partial charge in [0, 0.05) is 44.0 Å². The summed E-state index contributed by atoms with van der Waals surface area (Å²) in [6.07, 6.45) is 7.30. The molecule has 138 valence electrons. The second kappa shape index (κ2) is 8.76. The van der Waals surface area contributed by atoms with Crippen LogP contribution >= 0.6 is 0 Å². The van der Waals surface area contributed by atoms with E-state index in [2.05, 4.69) is 9.97 Å². The number of hydrogen-bond donors (Lipinski definition) is 1. The smallest absolute Gasteiger partial charge is 0.222 e. The van der Waals surface area contributed by atoms with Crippen molar-refractivity contribution in [3.05, 3.63) is 54.1 Å². The van der Waals surface area contributed by atoms with Gasteiger partial charge in [-0.15, -0.1) is 0 Å². The van der Waals surface area contributed by atoms with E-state index in [9.17, 15) is 9.90 Å². The van der Waals surface area contributed by atoms with Crippen molar-refractivity contribution >= 4 is 5.91 Å². The van der Waals surface area contributed by atoms with Gasteiger partial charge in [-0.2, -0.15) is 0 Å². The van der Waals surface area contributed by atoms with Crippen molar-refractivity contribution in [1.82, 2.24) is 14.9 Å². The third-order valence-corrected chi connectivity index (χ3v) is 4.86. The molecule has 2 heterocycles. The average Bonchev–Trinajstić information content (AvgIpc) is 3.04. The van der Waals surface area contributed by atoms with Crippen molar-refractivity contribution < 1.29 is 14.6 Å². The average molecular weight is 355 g/mol. The number of rotatable bonds is 7. The maximum Gasteiger partial charge on any atom is 0.222 e. The van der Waals surface area contributed by atoms with Gasteiger partial charge in [-0.1, -0.05) is 12.1 Å². The summed E-state index contributed by atoms with van der Waals surface area (Å²) in [5, 5.41) is 10.3. The van der Waals surface area contributed by atoms with Crippen LogP contribution in [0.25, 0.3) is 0 Å². The predicted octanol–water partition coefficient (Wildman–Crippen LogP) is 1.87. The van der Waals surface area contributed by atoms with E-state index in [0.29, 0.717) is 25.9 Å². The van der Waals surface area contributed by atoms with E-state index in [0.717, 1.165) is 24.3 Å². The number of nitrogens with zero attached hydrogens (tertiary/aromatic N) is 3. The maximum atomic E-state index is 12.4. The molecule has 0 aliphatic carbocycles. The summed E-state index contributed by atoms with van der Waals surface area (Å²) in [5.74, 6) is 0.974. The Morgan fingerprint density at radius 2 is 2.08 bits per heavy atom. The molecule has 1 saturated heterocycles. The Morgan fingerprint density at radius 3 is 2.77 bits per heavy atom. The van der Waals surface area contributed by atoms with Crippen molar-refractivity contribution in [1.29, 1.82) is 0 Å². The fourth-order valence-corrected chi connectivity index (χ4v) is 3.36. The fraction of sp³-hybridized carbons (Fsp3) is 0.450. The van der Waals surface area contributed by atoms with Gasteiger partial charge in [-0.3, -0.25) is 14.8 Å². The van der Waals surface area contributed by atoms with E-state index < -0.39 is 6.10 Å². The number of hydrogen-bond acceptors (Lipinski definition) is 5. The van der Waals surface area contributed by atoms with Gasteiger partial charge in [0.05, 0.1) is 18.9 Å². The summed E-state index contributed by atoms with van der Waals surface area (Å²) >= 11 is 0. The second-order valence-electron chi connectivity index (χ2n) is 6.73. The summed E-state index contributed by atoms with van der Waals surface area (Å²) in [7, 11) is 1.65. The molecule has 6 nitrogen and oxygen atoms in total. The first-order chi connectivity index (χ1) is 12.7. The van der Waals surface area contributed by atoms with Crippen molar-refractivity contribution in [2.45, 2.75) is 31.8 Å². The van der Waals surface area contributed by atoms with Crippen LogP contribution in [0.5, 0.6) is 5.75 Å². The van der Waals surface area contributed by atoms with Crippen molar-refractivity contribution in [2.75, 3.05) is 20.2 Å². The van der Waals surface area contributed by atoms with Crippen LogP contribution in [0.3, 0.4) is 0 Å². The lowest BCUT2D eigenvalue weighted by Crippen LogP contribution is -2.29. The first-order valence-corrected chi connectivity index (χ1v) is 8.99. The van der Waals surface area contributed by atoms with Gasteiger partial charge in [0.1, 0.15) is 5.75 Å². The fourth-order valence-electron chi connectivity index (χ4n) is 3.36. The summed E-state index contributed by atoms with van der Waals surface area (Å²) in [5.41, 5.74) is 2.05. The predicted molar refractivity (Wildman–Crippen MR) is 97.7 cm³/mol. The summed E-state index contributed by atoms with van der Waals surface area (Å²) in [6.45, 7) is 0.991. The molecule has 26 heavy (non-hydrogen) atoms. The minimum atomic E-state index is -0.498. The SMILES string of the molecule is COc1ccc(CCCC(=O)N2C[C@@H](Cc3cnccn3)[C@H](O)C2)cc1. The van der Waals surface area contributed by atoms with E-state index >= 15 is 0 Å². The molecule has 0 radical (unpaired) electrons. The highest BCUT2D eigenvalue weighted by Crippen LogP contribution is 2.22. The maximum absolute atomic E-state index is 12.4. The number of β-amino-alcohol motifs (C(OH)–C–C–N with tert-alkyl or cyclic N) is 1. The molecular weight excluding hydrogens is 330 g/mol. The molecule has 0 bridgehead atoms. The molecule has 0 spiro atoms. The Kier molecular flexibility index (Phi) is 6.17. The zero-order valence-corrected chi connectivity index (χ0v) is 15.0. The number of methoxy groups -OCH3 is 1. The van der Waals surface area contributed by atoms with Crippen LogP contribution < -0.4 is 4.74 Å². The molecule has 1 N–H and O–H groups in total. The Hall–Kier alpha value is -2.47. The molecule has 0 unspecified atom stereocenters. The lowest BCUT2D eigenvalue weighted by molar-refractivity contribution is -0.130. The number of amides is 1. The lowest BCUT2D eigenvalue weighted by atomic mass is 10.0. The quantitative estimate of drug-likeness (QED) is 0.821. The molecule has 6 heteroatoms. The molecule has 1 aliphatic heterocycles. The van der Waals surface area contributed by atoms with Crippen LogP contribution in [0.1, 0.15) is 24.1 Å². The van der Waals surface area contributed by atoms with Gasteiger partial charge < -0.3 is 14.7 Å².